The standard InChI is InChI=1S/C23H28N4O2/c1-14-16-4-6-23(10-16)11-17(23)12-28-13-27-21-8-15(5-7-26-21)22(25)19-9-18(29-14)2-3-20(19)24/h2-3,5,7-9,14,16-17,25H,4,6,10-13,24H2,1H3,(H,26,27). The second-order valence-corrected chi connectivity index (χ2v) is 8.83. The molecule has 5 rings (SSSR count). The molecule has 6 heteroatoms. The Morgan fingerprint density at radius 2 is 2.14 bits per heavy atom. The molecule has 4 atom stereocenters. The van der Waals surface area contributed by atoms with Gasteiger partial charge in [0.2, 0.25) is 0 Å². The van der Waals surface area contributed by atoms with E-state index in [4.69, 9.17) is 20.6 Å². The molecule has 152 valence electrons. The highest BCUT2D eigenvalue weighted by Gasteiger charge is 2.58. The van der Waals surface area contributed by atoms with Crippen molar-refractivity contribution in [2.45, 2.75) is 38.7 Å². The summed E-state index contributed by atoms with van der Waals surface area (Å²) in [5.74, 6) is 2.70. The zero-order valence-electron chi connectivity index (χ0n) is 16.8. The Labute approximate surface area is 171 Å². The van der Waals surface area contributed by atoms with Gasteiger partial charge in [-0.25, -0.2) is 4.98 Å². The maximum Gasteiger partial charge on any atom is 0.128 e. The van der Waals surface area contributed by atoms with Crippen molar-refractivity contribution in [3.05, 3.63) is 47.7 Å². The van der Waals surface area contributed by atoms with E-state index in [1.54, 1.807) is 6.20 Å². The van der Waals surface area contributed by atoms with E-state index in [2.05, 4.69) is 17.2 Å². The molecular formula is C23H28N4O2. The van der Waals surface area contributed by atoms with Gasteiger partial charge in [0.1, 0.15) is 18.3 Å². The van der Waals surface area contributed by atoms with E-state index in [-0.39, 0.29) is 6.10 Å². The summed E-state index contributed by atoms with van der Waals surface area (Å²) >= 11 is 0. The van der Waals surface area contributed by atoms with Crippen molar-refractivity contribution in [2.75, 3.05) is 24.4 Å². The number of hydrogen-bond donors (Lipinski definition) is 3. The monoisotopic (exact) mass is 392 g/mol. The number of aromatic nitrogens is 1. The lowest BCUT2D eigenvalue weighted by atomic mass is 9.96. The first kappa shape index (κ1) is 18.4. The first-order chi connectivity index (χ1) is 14.0. The molecule has 0 saturated heterocycles. The molecule has 0 amide bonds. The Kier molecular flexibility index (Phi) is 4.46. The predicted molar refractivity (Wildman–Crippen MR) is 113 cm³/mol. The normalized spacial score (nSPS) is 31.2. The van der Waals surface area contributed by atoms with Crippen molar-refractivity contribution in [1.82, 2.24) is 4.98 Å². The highest BCUT2D eigenvalue weighted by molar-refractivity contribution is 6.14. The molecule has 1 aromatic heterocycles. The molecule has 3 aliphatic rings. The van der Waals surface area contributed by atoms with Gasteiger partial charge in [-0.3, -0.25) is 5.41 Å². The number of nitrogen functional groups attached to an aromatic ring is 1. The van der Waals surface area contributed by atoms with Gasteiger partial charge in [-0.05, 0) is 80.2 Å². The molecule has 2 fully saturated rings. The van der Waals surface area contributed by atoms with Gasteiger partial charge in [0.05, 0.1) is 18.4 Å². The first-order valence-corrected chi connectivity index (χ1v) is 10.5. The summed E-state index contributed by atoms with van der Waals surface area (Å²) < 4.78 is 12.2. The van der Waals surface area contributed by atoms with Gasteiger partial charge in [-0.15, -0.1) is 0 Å². The largest absolute Gasteiger partial charge is 0.490 e. The van der Waals surface area contributed by atoms with Crippen molar-refractivity contribution >= 4 is 17.2 Å². The third-order valence-electron chi connectivity index (χ3n) is 7.04. The third kappa shape index (κ3) is 3.46. The molecule has 6 nitrogen and oxygen atoms in total. The fourth-order valence-corrected chi connectivity index (χ4v) is 5.12. The fraction of sp³-hybridized carbons (Fsp3) is 0.478. The zero-order chi connectivity index (χ0) is 20.0. The number of benzene rings is 1. The topological polar surface area (TPSA) is 93.3 Å². The number of rotatable bonds is 0. The molecule has 4 N–H and O–H groups in total. The first-order valence-electron chi connectivity index (χ1n) is 10.5. The number of nitrogens with zero attached hydrogens (tertiary/aromatic N) is 1. The number of hydrogen-bond acceptors (Lipinski definition) is 6. The maximum absolute atomic E-state index is 8.68. The highest BCUT2D eigenvalue weighted by Crippen LogP contribution is 2.64. The van der Waals surface area contributed by atoms with Gasteiger partial charge < -0.3 is 20.5 Å². The van der Waals surface area contributed by atoms with Crippen LogP contribution in [0.25, 0.3) is 0 Å². The lowest BCUT2D eigenvalue weighted by Crippen LogP contribution is -2.22. The Balaban J connectivity index is 1.47. The van der Waals surface area contributed by atoms with Gasteiger partial charge in [0.15, 0.2) is 0 Å². The summed E-state index contributed by atoms with van der Waals surface area (Å²) in [6, 6.07) is 9.33. The van der Waals surface area contributed by atoms with Gasteiger partial charge in [-0.1, -0.05) is 0 Å². The maximum atomic E-state index is 8.68. The van der Waals surface area contributed by atoms with Crippen LogP contribution in [0, 0.1) is 22.7 Å². The quantitative estimate of drug-likeness (QED) is 0.588. The van der Waals surface area contributed by atoms with Crippen LogP contribution in [0.2, 0.25) is 0 Å². The van der Waals surface area contributed by atoms with Gasteiger partial charge >= 0.3 is 0 Å². The van der Waals surface area contributed by atoms with Crippen LogP contribution in [0.3, 0.4) is 0 Å². The second-order valence-electron chi connectivity index (χ2n) is 8.83. The number of pyridine rings is 1. The Bertz CT molecular complexity index is 946. The van der Waals surface area contributed by atoms with Crippen LogP contribution in [-0.4, -0.2) is 30.1 Å². The van der Waals surface area contributed by atoms with Gasteiger partial charge in [-0.2, -0.15) is 0 Å². The third-order valence-corrected chi connectivity index (χ3v) is 7.04. The smallest absolute Gasteiger partial charge is 0.128 e. The Morgan fingerprint density at radius 3 is 3.03 bits per heavy atom. The minimum atomic E-state index is 0.145. The molecule has 2 aromatic rings. The summed E-state index contributed by atoms with van der Waals surface area (Å²) in [7, 11) is 0. The molecular weight excluding hydrogens is 364 g/mol. The molecule has 2 aliphatic carbocycles. The molecule has 0 radical (unpaired) electrons. The highest BCUT2D eigenvalue weighted by atomic mass is 16.5. The molecule has 6 bridgehead atoms. The van der Waals surface area contributed by atoms with Gasteiger partial charge in [0, 0.05) is 23.0 Å². The second kappa shape index (κ2) is 7.02. The molecule has 2 saturated carbocycles. The summed E-state index contributed by atoms with van der Waals surface area (Å²) in [5.41, 5.74) is 9.02. The van der Waals surface area contributed by atoms with Crippen molar-refractivity contribution in [3.8, 4) is 5.75 Å². The molecule has 1 spiro atoms. The molecule has 2 heterocycles. The Morgan fingerprint density at radius 1 is 1.24 bits per heavy atom. The van der Waals surface area contributed by atoms with E-state index >= 15 is 0 Å². The molecule has 4 unspecified atom stereocenters. The lowest BCUT2D eigenvalue weighted by Gasteiger charge is -2.22. The summed E-state index contributed by atoms with van der Waals surface area (Å²) in [6.45, 7) is 3.39. The summed E-state index contributed by atoms with van der Waals surface area (Å²) in [5, 5.41) is 11.9. The minimum absolute atomic E-state index is 0.145. The molecule has 1 aromatic carbocycles. The number of nitrogens with one attached hydrogen (secondary N) is 2. The zero-order valence-corrected chi connectivity index (χ0v) is 16.8. The van der Waals surface area contributed by atoms with Crippen molar-refractivity contribution < 1.29 is 9.47 Å². The van der Waals surface area contributed by atoms with E-state index in [1.165, 1.54) is 25.7 Å². The van der Waals surface area contributed by atoms with E-state index in [0.717, 1.165) is 17.9 Å². The van der Waals surface area contributed by atoms with Crippen LogP contribution in [0.4, 0.5) is 11.5 Å². The van der Waals surface area contributed by atoms with Crippen LogP contribution >= 0.6 is 0 Å². The average Bonchev–Trinajstić information content (AvgIpc) is 3.21. The number of anilines is 2. The van der Waals surface area contributed by atoms with Crippen LogP contribution in [0.5, 0.6) is 5.75 Å². The van der Waals surface area contributed by atoms with Crippen molar-refractivity contribution in [2.24, 2.45) is 17.3 Å². The lowest BCUT2D eigenvalue weighted by molar-refractivity contribution is 0.124. The van der Waals surface area contributed by atoms with Crippen LogP contribution in [-0.2, 0) is 4.74 Å². The summed E-state index contributed by atoms with van der Waals surface area (Å²) in [4.78, 5) is 4.35. The number of nitrogens with two attached hydrogens (primary N) is 1. The number of fused-ring (bicyclic) bond motifs is 5. The summed E-state index contributed by atoms with van der Waals surface area (Å²) in [6.07, 6.45) is 6.82. The van der Waals surface area contributed by atoms with Crippen LogP contribution < -0.4 is 15.8 Å². The van der Waals surface area contributed by atoms with E-state index < -0.39 is 0 Å². The Hall–Kier alpha value is -2.60. The fourth-order valence-electron chi connectivity index (χ4n) is 5.12. The van der Waals surface area contributed by atoms with Gasteiger partial charge in [0.25, 0.3) is 0 Å². The van der Waals surface area contributed by atoms with Crippen LogP contribution in [0.1, 0.15) is 43.7 Å². The SMILES string of the molecule is CC1Oc2ccc(N)c(c2)C(=N)c2ccnc(c2)NCOCC2CC23CCC1C3. The minimum Gasteiger partial charge on any atom is -0.490 e. The van der Waals surface area contributed by atoms with E-state index in [0.29, 0.717) is 46.8 Å². The van der Waals surface area contributed by atoms with Crippen LogP contribution in [0.15, 0.2) is 36.5 Å². The molecule has 29 heavy (non-hydrogen) atoms. The number of ether oxygens (including phenoxy) is 2. The predicted octanol–water partition coefficient (Wildman–Crippen LogP) is 4.05. The van der Waals surface area contributed by atoms with E-state index in [9.17, 15) is 0 Å². The average molecular weight is 393 g/mol. The van der Waals surface area contributed by atoms with Crippen molar-refractivity contribution in [3.63, 3.8) is 0 Å². The van der Waals surface area contributed by atoms with Crippen molar-refractivity contribution in [1.29, 1.82) is 5.41 Å². The van der Waals surface area contributed by atoms with E-state index in [1.807, 2.05) is 30.3 Å². The molecule has 1 aliphatic heterocycles.